The minimum Gasteiger partial charge on any atom is -0.493 e. The van der Waals surface area contributed by atoms with Crippen LogP contribution < -0.4 is 15.5 Å². The fraction of sp³-hybridized carbons (Fsp3) is 0.208. The second kappa shape index (κ2) is 11.2. The second-order valence-electron chi connectivity index (χ2n) is 7.11. The van der Waals surface area contributed by atoms with Crippen molar-refractivity contribution in [3.63, 3.8) is 0 Å². The van der Waals surface area contributed by atoms with E-state index in [1.165, 1.54) is 6.26 Å². The van der Waals surface area contributed by atoms with Crippen LogP contribution in [0.4, 0.5) is 5.69 Å². The molecule has 0 aliphatic heterocycles. The van der Waals surface area contributed by atoms with Crippen molar-refractivity contribution in [1.82, 2.24) is 5.43 Å². The molecule has 1 heterocycles. The van der Waals surface area contributed by atoms with Crippen molar-refractivity contribution in [2.24, 2.45) is 5.10 Å². The molecule has 2 amide bonds. The van der Waals surface area contributed by atoms with Crippen LogP contribution in [0.3, 0.4) is 0 Å². The summed E-state index contributed by atoms with van der Waals surface area (Å²) in [7, 11) is 0. The maximum Gasteiger partial charge on any atom is 0.291 e. The first-order valence-electron chi connectivity index (χ1n) is 10.1. The van der Waals surface area contributed by atoms with Crippen LogP contribution in [0.15, 0.2) is 70.4 Å². The molecule has 8 heteroatoms. The molecule has 0 fully saturated rings. The van der Waals surface area contributed by atoms with Gasteiger partial charge in [0.25, 0.3) is 5.91 Å². The zero-order valence-electron chi connectivity index (χ0n) is 17.9. The van der Waals surface area contributed by atoms with Gasteiger partial charge in [0.1, 0.15) is 5.75 Å². The number of rotatable bonds is 9. The number of furan rings is 1. The number of hydrogen-bond acceptors (Lipinski definition) is 5. The van der Waals surface area contributed by atoms with E-state index in [1.54, 1.807) is 43.3 Å². The van der Waals surface area contributed by atoms with E-state index < -0.39 is 0 Å². The van der Waals surface area contributed by atoms with Crippen LogP contribution in [0.25, 0.3) is 0 Å². The molecule has 166 valence electrons. The molecule has 3 aromatic rings. The molecule has 2 aromatic carbocycles. The van der Waals surface area contributed by atoms with Crippen molar-refractivity contribution in [3.05, 3.63) is 82.8 Å². The summed E-state index contributed by atoms with van der Waals surface area (Å²) in [6.07, 6.45) is 2.27. The van der Waals surface area contributed by atoms with Crippen molar-refractivity contribution < 1.29 is 18.7 Å². The Morgan fingerprint density at radius 1 is 1.12 bits per heavy atom. The van der Waals surface area contributed by atoms with Gasteiger partial charge in [0.15, 0.2) is 5.76 Å². The molecule has 0 aliphatic carbocycles. The third-order valence-corrected chi connectivity index (χ3v) is 4.81. The van der Waals surface area contributed by atoms with E-state index >= 15 is 0 Å². The Balaban J connectivity index is 1.46. The van der Waals surface area contributed by atoms with E-state index in [0.29, 0.717) is 29.4 Å². The molecule has 0 atom stereocenters. The SMILES string of the molecule is C/C(=N\NC(=O)CCCOc1ccc(Cl)cc1C)c1cccc(NC(=O)c2ccco2)c1. The number of benzene rings is 2. The van der Waals surface area contributed by atoms with Crippen LogP contribution in [-0.4, -0.2) is 24.1 Å². The topological polar surface area (TPSA) is 92.9 Å². The first-order chi connectivity index (χ1) is 15.4. The average Bonchev–Trinajstić information content (AvgIpc) is 3.31. The fourth-order valence-electron chi connectivity index (χ4n) is 2.88. The van der Waals surface area contributed by atoms with Crippen LogP contribution in [0.5, 0.6) is 5.75 Å². The van der Waals surface area contributed by atoms with Gasteiger partial charge in [0.2, 0.25) is 5.91 Å². The minimum atomic E-state index is -0.342. The largest absolute Gasteiger partial charge is 0.493 e. The maximum atomic E-state index is 12.1. The third kappa shape index (κ3) is 6.72. The normalized spacial score (nSPS) is 11.2. The van der Waals surface area contributed by atoms with Gasteiger partial charge in [-0.05, 0) is 73.9 Å². The van der Waals surface area contributed by atoms with Crippen LogP contribution >= 0.6 is 11.6 Å². The summed E-state index contributed by atoms with van der Waals surface area (Å²) in [5.74, 6) is 0.431. The molecule has 0 aliphatic rings. The van der Waals surface area contributed by atoms with Crippen LogP contribution in [-0.2, 0) is 4.79 Å². The van der Waals surface area contributed by atoms with Crippen LogP contribution in [0.1, 0.15) is 41.4 Å². The summed E-state index contributed by atoms with van der Waals surface area (Å²) in [6.45, 7) is 4.11. The van der Waals surface area contributed by atoms with Crippen molar-refractivity contribution in [2.45, 2.75) is 26.7 Å². The maximum absolute atomic E-state index is 12.1. The number of nitrogens with one attached hydrogen (secondary N) is 2. The smallest absolute Gasteiger partial charge is 0.291 e. The van der Waals surface area contributed by atoms with Crippen LogP contribution in [0, 0.1) is 6.92 Å². The summed E-state index contributed by atoms with van der Waals surface area (Å²) in [5.41, 5.74) is 5.48. The van der Waals surface area contributed by atoms with Gasteiger partial charge in [-0.1, -0.05) is 23.7 Å². The first-order valence-corrected chi connectivity index (χ1v) is 10.5. The summed E-state index contributed by atoms with van der Waals surface area (Å²) in [5, 5.41) is 7.58. The lowest BCUT2D eigenvalue weighted by atomic mass is 10.1. The van der Waals surface area contributed by atoms with Crippen molar-refractivity contribution in [1.29, 1.82) is 0 Å². The lowest BCUT2D eigenvalue weighted by Gasteiger charge is -2.09. The minimum absolute atomic E-state index is 0.206. The van der Waals surface area contributed by atoms with Gasteiger partial charge in [-0.15, -0.1) is 0 Å². The molecular weight excluding hydrogens is 430 g/mol. The molecule has 0 spiro atoms. The number of ether oxygens (including phenoxy) is 1. The molecule has 32 heavy (non-hydrogen) atoms. The monoisotopic (exact) mass is 453 g/mol. The van der Waals surface area contributed by atoms with Gasteiger partial charge in [-0.2, -0.15) is 5.10 Å². The fourth-order valence-corrected chi connectivity index (χ4v) is 3.11. The Bertz CT molecular complexity index is 1110. The van der Waals surface area contributed by atoms with Gasteiger partial charge >= 0.3 is 0 Å². The van der Waals surface area contributed by atoms with Crippen LogP contribution in [0.2, 0.25) is 5.02 Å². The van der Waals surface area contributed by atoms with Crippen molar-refractivity contribution in [2.75, 3.05) is 11.9 Å². The zero-order valence-corrected chi connectivity index (χ0v) is 18.6. The average molecular weight is 454 g/mol. The van der Waals surface area contributed by atoms with E-state index in [-0.39, 0.29) is 24.0 Å². The highest BCUT2D eigenvalue weighted by Crippen LogP contribution is 2.22. The number of aryl methyl sites for hydroxylation is 1. The number of amides is 2. The quantitative estimate of drug-likeness (QED) is 0.265. The first kappa shape index (κ1) is 23.1. The Kier molecular flexibility index (Phi) is 8.05. The third-order valence-electron chi connectivity index (χ3n) is 4.57. The Morgan fingerprint density at radius 2 is 1.97 bits per heavy atom. The summed E-state index contributed by atoms with van der Waals surface area (Å²) in [6, 6.07) is 15.8. The molecule has 1 aromatic heterocycles. The molecule has 2 N–H and O–H groups in total. The Hall–Kier alpha value is -3.58. The number of anilines is 1. The number of carbonyl (C=O) groups is 2. The van der Waals surface area contributed by atoms with Gasteiger partial charge in [0, 0.05) is 17.1 Å². The highest BCUT2D eigenvalue weighted by molar-refractivity contribution is 6.30. The van der Waals surface area contributed by atoms with Gasteiger partial charge < -0.3 is 14.5 Å². The van der Waals surface area contributed by atoms with E-state index in [4.69, 9.17) is 20.8 Å². The summed E-state index contributed by atoms with van der Waals surface area (Å²) in [4.78, 5) is 24.2. The lowest BCUT2D eigenvalue weighted by molar-refractivity contribution is -0.121. The summed E-state index contributed by atoms with van der Waals surface area (Å²) < 4.78 is 10.8. The Labute approximate surface area is 191 Å². The standard InChI is InChI=1S/C24H24ClN3O4/c1-16-14-19(25)10-11-21(16)31-13-5-9-23(29)28-27-17(2)18-6-3-7-20(15-18)26-24(30)22-8-4-12-32-22/h3-4,6-8,10-12,14-15H,5,9,13H2,1-2H3,(H,26,30)(H,28,29)/b27-17+. The summed E-state index contributed by atoms with van der Waals surface area (Å²) >= 11 is 5.93. The zero-order chi connectivity index (χ0) is 22.9. The van der Waals surface area contributed by atoms with Gasteiger partial charge in [-0.25, -0.2) is 5.43 Å². The molecule has 0 radical (unpaired) electrons. The van der Waals surface area contributed by atoms with Crippen molar-refractivity contribution >= 4 is 34.8 Å². The second-order valence-corrected chi connectivity index (χ2v) is 7.54. The number of hydrogen-bond donors (Lipinski definition) is 2. The lowest BCUT2D eigenvalue weighted by Crippen LogP contribution is -2.19. The number of nitrogens with zero attached hydrogens (tertiary/aromatic N) is 1. The van der Waals surface area contributed by atoms with Crippen molar-refractivity contribution in [3.8, 4) is 5.75 Å². The number of carbonyl (C=O) groups excluding carboxylic acids is 2. The number of hydrazone groups is 1. The molecule has 0 unspecified atom stereocenters. The Morgan fingerprint density at radius 3 is 2.72 bits per heavy atom. The predicted octanol–water partition coefficient (Wildman–Crippen LogP) is 5.19. The predicted molar refractivity (Wildman–Crippen MR) is 124 cm³/mol. The highest BCUT2D eigenvalue weighted by Gasteiger charge is 2.09. The molecule has 0 saturated heterocycles. The van der Waals surface area contributed by atoms with E-state index in [1.807, 2.05) is 25.1 Å². The van der Waals surface area contributed by atoms with Gasteiger partial charge in [-0.3, -0.25) is 9.59 Å². The highest BCUT2D eigenvalue weighted by atomic mass is 35.5. The molecule has 0 saturated carbocycles. The number of halogens is 1. The van der Waals surface area contributed by atoms with E-state index in [0.717, 1.165) is 16.9 Å². The molecule has 0 bridgehead atoms. The van der Waals surface area contributed by atoms with Gasteiger partial charge in [0.05, 0.1) is 18.6 Å². The van der Waals surface area contributed by atoms with E-state index in [2.05, 4.69) is 15.8 Å². The van der Waals surface area contributed by atoms with E-state index in [9.17, 15) is 9.59 Å². The molecule has 3 rings (SSSR count). The molecular formula is C24H24ClN3O4. The molecule has 7 nitrogen and oxygen atoms in total.